The molecule has 2 rings (SSSR count). The van der Waals surface area contributed by atoms with Crippen molar-refractivity contribution in [3.8, 4) is 0 Å². The topological polar surface area (TPSA) is 29.1 Å². The number of amides is 1. The van der Waals surface area contributed by atoms with Crippen molar-refractivity contribution in [2.45, 2.75) is 39.5 Å². The summed E-state index contributed by atoms with van der Waals surface area (Å²) in [6, 6.07) is 0. The van der Waals surface area contributed by atoms with Crippen LogP contribution in [0.2, 0.25) is 0 Å². The molecule has 0 aromatic rings. The van der Waals surface area contributed by atoms with E-state index >= 15 is 0 Å². The number of hydrogen-bond donors (Lipinski definition) is 1. The summed E-state index contributed by atoms with van der Waals surface area (Å²) in [6.07, 6.45) is 4.58. The van der Waals surface area contributed by atoms with Crippen LogP contribution in [0.4, 0.5) is 0 Å². The van der Waals surface area contributed by atoms with Gasteiger partial charge in [0.25, 0.3) is 0 Å². The van der Waals surface area contributed by atoms with Crippen LogP contribution in [0.25, 0.3) is 0 Å². The van der Waals surface area contributed by atoms with Crippen molar-refractivity contribution in [2.75, 3.05) is 6.54 Å². The highest BCUT2D eigenvalue weighted by Crippen LogP contribution is 2.54. The SMILES string of the molecule is CC(C)C1CC2(CCNC(=O)C2)C1. The Labute approximate surface area is 80.1 Å². The lowest BCUT2D eigenvalue weighted by molar-refractivity contribution is -0.130. The molecule has 1 aliphatic carbocycles. The molecule has 2 heteroatoms. The van der Waals surface area contributed by atoms with E-state index in [4.69, 9.17) is 0 Å². The van der Waals surface area contributed by atoms with Gasteiger partial charge in [0.1, 0.15) is 0 Å². The Kier molecular flexibility index (Phi) is 2.09. The molecular weight excluding hydrogens is 162 g/mol. The average Bonchev–Trinajstić information content (AvgIpc) is 1.99. The van der Waals surface area contributed by atoms with Crippen molar-refractivity contribution in [1.29, 1.82) is 0 Å². The summed E-state index contributed by atoms with van der Waals surface area (Å²) in [5, 5.41) is 2.91. The molecule has 0 atom stereocenters. The fourth-order valence-electron chi connectivity index (χ4n) is 2.83. The Morgan fingerprint density at radius 1 is 1.46 bits per heavy atom. The summed E-state index contributed by atoms with van der Waals surface area (Å²) >= 11 is 0. The standard InChI is InChI=1S/C11H19NO/c1-8(2)9-5-11(6-9)3-4-12-10(13)7-11/h8-9H,3-7H2,1-2H3,(H,12,13). The minimum atomic E-state index is 0.272. The molecule has 13 heavy (non-hydrogen) atoms. The van der Waals surface area contributed by atoms with Gasteiger partial charge in [0.05, 0.1) is 0 Å². The van der Waals surface area contributed by atoms with Gasteiger partial charge in [-0.05, 0) is 36.5 Å². The smallest absolute Gasteiger partial charge is 0.220 e. The normalized spacial score (nSPS) is 39.0. The number of nitrogens with one attached hydrogen (secondary N) is 1. The minimum Gasteiger partial charge on any atom is -0.356 e. The molecule has 0 aromatic heterocycles. The highest BCUT2D eigenvalue weighted by molar-refractivity contribution is 5.77. The molecule has 2 aliphatic rings. The van der Waals surface area contributed by atoms with Gasteiger partial charge in [0, 0.05) is 13.0 Å². The molecule has 1 saturated heterocycles. The maximum Gasteiger partial charge on any atom is 0.220 e. The van der Waals surface area contributed by atoms with E-state index in [2.05, 4.69) is 19.2 Å². The van der Waals surface area contributed by atoms with Crippen LogP contribution in [-0.2, 0) is 4.79 Å². The van der Waals surface area contributed by atoms with Gasteiger partial charge in [-0.15, -0.1) is 0 Å². The quantitative estimate of drug-likeness (QED) is 0.658. The van der Waals surface area contributed by atoms with Crippen LogP contribution in [0.3, 0.4) is 0 Å². The summed E-state index contributed by atoms with van der Waals surface area (Å²) < 4.78 is 0. The molecule has 0 bridgehead atoms. The average molecular weight is 181 g/mol. The third-order valence-corrected chi connectivity index (χ3v) is 3.85. The molecule has 1 aliphatic heterocycles. The van der Waals surface area contributed by atoms with Gasteiger partial charge in [-0.1, -0.05) is 13.8 Å². The first-order valence-corrected chi connectivity index (χ1v) is 5.38. The third kappa shape index (κ3) is 1.59. The fraction of sp³-hybridized carbons (Fsp3) is 0.909. The van der Waals surface area contributed by atoms with E-state index in [-0.39, 0.29) is 5.91 Å². The third-order valence-electron chi connectivity index (χ3n) is 3.85. The molecule has 0 unspecified atom stereocenters. The van der Waals surface area contributed by atoms with Gasteiger partial charge in [0.15, 0.2) is 0 Å². The van der Waals surface area contributed by atoms with Crippen molar-refractivity contribution in [3.05, 3.63) is 0 Å². The van der Waals surface area contributed by atoms with Gasteiger partial charge in [-0.25, -0.2) is 0 Å². The monoisotopic (exact) mass is 181 g/mol. The molecular formula is C11H19NO. The first kappa shape index (κ1) is 9.04. The highest BCUT2D eigenvalue weighted by atomic mass is 16.1. The van der Waals surface area contributed by atoms with E-state index in [0.29, 0.717) is 5.41 Å². The molecule has 0 aromatic carbocycles. The summed E-state index contributed by atoms with van der Waals surface area (Å²) in [7, 11) is 0. The van der Waals surface area contributed by atoms with Crippen LogP contribution < -0.4 is 5.32 Å². The second-order valence-electron chi connectivity index (χ2n) is 5.19. The van der Waals surface area contributed by atoms with Crippen molar-refractivity contribution in [2.24, 2.45) is 17.3 Å². The number of rotatable bonds is 1. The first-order chi connectivity index (χ1) is 6.11. The maximum atomic E-state index is 11.2. The Balaban J connectivity index is 1.91. The molecule has 0 radical (unpaired) electrons. The van der Waals surface area contributed by atoms with Gasteiger partial charge >= 0.3 is 0 Å². The lowest BCUT2D eigenvalue weighted by atomic mass is 9.55. The Bertz CT molecular complexity index is 216. The van der Waals surface area contributed by atoms with E-state index in [0.717, 1.165) is 24.8 Å². The number of carbonyl (C=O) groups is 1. The predicted molar refractivity (Wildman–Crippen MR) is 52.2 cm³/mol. The van der Waals surface area contributed by atoms with Crippen molar-refractivity contribution < 1.29 is 4.79 Å². The zero-order valence-corrected chi connectivity index (χ0v) is 8.60. The van der Waals surface area contributed by atoms with E-state index < -0.39 is 0 Å². The molecule has 1 N–H and O–H groups in total. The zero-order valence-electron chi connectivity index (χ0n) is 8.60. The molecule has 1 spiro atoms. The van der Waals surface area contributed by atoms with E-state index in [1.54, 1.807) is 0 Å². The van der Waals surface area contributed by atoms with E-state index in [9.17, 15) is 4.79 Å². The Hall–Kier alpha value is -0.530. The first-order valence-electron chi connectivity index (χ1n) is 5.38. The molecule has 2 nitrogen and oxygen atoms in total. The maximum absolute atomic E-state index is 11.2. The Morgan fingerprint density at radius 2 is 2.15 bits per heavy atom. The molecule has 1 amide bonds. The van der Waals surface area contributed by atoms with Gasteiger partial charge in [0.2, 0.25) is 5.91 Å². The number of carbonyl (C=O) groups excluding carboxylic acids is 1. The van der Waals surface area contributed by atoms with E-state index in [1.165, 1.54) is 19.3 Å². The second-order valence-corrected chi connectivity index (χ2v) is 5.19. The van der Waals surface area contributed by atoms with E-state index in [1.807, 2.05) is 0 Å². The van der Waals surface area contributed by atoms with Gasteiger partial charge < -0.3 is 5.32 Å². The molecule has 74 valence electrons. The second kappa shape index (κ2) is 3.00. The van der Waals surface area contributed by atoms with Crippen LogP contribution in [0, 0.1) is 17.3 Å². The van der Waals surface area contributed by atoms with Crippen molar-refractivity contribution in [3.63, 3.8) is 0 Å². The summed E-state index contributed by atoms with van der Waals surface area (Å²) in [5.41, 5.74) is 0.414. The van der Waals surface area contributed by atoms with Crippen LogP contribution in [-0.4, -0.2) is 12.5 Å². The Morgan fingerprint density at radius 3 is 2.69 bits per heavy atom. The van der Waals surface area contributed by atoms with Crippen LogP contribution in [0.15, 0.2) is 0 Å². The van der Waals surface area contributed by atoms with Crippen LogP contribution in [0.5, 0.6) is 0 Å². The summed E-state index contributed by atoms with van der Waals surface area (Å²) in [4.78, 5) is 11.2. The number of hydrogen-bond acceptors (Lipinski definition) is 1. The van der Waals surface area contributed by atoms with Gasteiger partial charge in [-0.2, -0.15) is 0 Å². The summed E-state index contributed by atoms with van der Waals surface area (Å²) in [5.74, 6) is 1.95. The molecule has 2 fully saturated rings. The van der Waals surface area contributed by atoms with Crippen LogP contribution >= 0.6 is 0 Å². The van der Waals surface area contributed by atoms with Crippen molar-refractivity contribution in [1.82, 2.24) is 5.32 Å². The fourth-order valence-corrected chi connectivity index (χ4v) is 2.83. The lowest BCUT2D eigenvalue weighted by Gasteiger charge is -2.51. The number of piperidine rings is 1. The largest absolute Gasteiger partial charge is 0.356 e. The van der Waals surface area contributed by atoms with Crippen LogP contribution in [0.1, 0.15) is 39.5 Å². The predicted octanol–water partition coefficient (Wildman–Crippen LogP) is 1.95. The summed E-state index contributed by atoms with van der Waals surface area (Å²) in [6.45, 7) is 5.49. The molecule has 1 saturated carbocycles. The van der Waals surface area contributed by atoms with Crippen molar-refractivity contribution >= 4 is 5.91 Å². The lowest BCUT2D eigenvalue weighted by Crippen LogP contribution is -2.49. The highest BCUT2D eigenvalue weighted by Gasteiger charge is 2.47. The minimum absolute atomic E-state index is 0.272. The zero-order chi connectivity index (χ0) is 9.47. The van der Waals surface area contributed by atoms with Gasteiger partial charge in [-0.3, -0.25) is 4.79 Å². The molecule has 1 heterocycles.